The summed E-state index contributed by atoms with van der Waals surface area (Å²) in [5.41, 5.74) is 0.596. The molecule has 5 nitrogen and oxygen atoms in total. The maximum absolute atomic E-state index is 14.6. The Morgan fingerprint density at radius 3 is 2.32 bits per heavy atom. The molecule has 0 aromatic heterocycles. The van der Waals surface area contributed by atoms with Crippen LogP contribution in [0.5, 0.6) is 5.75 Å². The molecule has 1 N–H and O–H groups in total. The maximum atomic E-state index is 14.6. The molecule has 1 aliphatic heterocycles. The Balaban J connectivity index is 1.67. The average molecular weight is 456 g/mol. The monoisotopic (exact) mass is 456 g/mol. The van der Waals surface area contributed by atoms with E-state index in [0.717, 1.165) is 29.0 Å². The molecule has 0 atom stereocenters. The maximum Gasteiger partial charge on any atom is 0.282 e. The van der Waals surface area contributed by atoms with E-state index in [2.05, 4.69) is 5.32 Å². The van der Waals surface area contributed by atoms with Crippen LogP contribution in [0.2, 0.25) is 0 Å². The van der Waals surface area contributed by atoms with Gasteiger partial charge >= 0.3 is 0 Å². The van der Waals surface area contributed by atoms with Crippen LogP contribution in [0.1, 0.15) is 5.56 Å². The Kier molecular flexibility index (Phi) is 5.30. The van der Waals surface area contributed by atoms with Crippen molar-refractivity contribution in [2.75, 3.05) is 17.3 Å². The number of methoxy groups -OCH3 is 1. The predicted octanol–water partition coefficient (Wildman–Crippen LogP) is 5.52. The standard InChI is InChI=1S/C27H18F2N2O3/c1-34-19-12-9-17(10-13-19)24-25(30-22-8-4-6-16-5-2-3-7-20(16)22)27(33)31(26(24)32)23-15-18(28)11-14-21(23)29/h2-15,30H,1H3. The fourth-order valence-corrected chi connectivity index (χ4v) is 4.02. The molecule has 0 unspecified atom stereocenters. The smallest absolute Gasteiger partial charge is 0.282 e. The number of ether oxygens (including phenoxy) is 1. The minimum absolute atomic E-state index is 0.0322. The highest BCUT2D eigenvalue weighted by atomic mass is 19.1. The lowest BCUT2D eigenvalue weighted by Gasteiger charge is -2.16. The summed E-state index contributed by atoms with van der Waals surface area (Å²) in [5, 5.41) is 4.86. The van der Waals surface area contributed by atoms with Gasteiger partial charge in [-0.2, -0.15) is 0 Å². The van der Waals surface area contributed by atoms with Crippen molar-refractivity contribution >= 4 is 39.5 Å². The summed E-state index contributed by atoms with van der Waals surface area (Å²) in [4.78, 5) is 27.6. The van der Waals surface area contributed by atoms with E-state index in [4.69, 9.17) is 4.74 Å². The van der Waals surface area contributed by atoms with Gasteiger partial charge in [0.2, 0.25) is 0 Å². The van der Waals surface area contributed by atoms with Gasteiger partial charge in [0.25, 0.3) is 11.8 Å². The normalized spacial score (nSPS) is 13.7. The van der Waals surface area contributed by atoms with Gasteiger partial charge in [0.05, 0.1) is 18.4 Å². The lowest BCUT2D eigenvalue weighted by molar-refractivity contribution is -0.120. The van der Waals surface area contributed by atoms with Crippen molar-refractivity contribution in [3.8, 4) is 5.75 Å². The zero-order valence-corrected chi connectivity index (χ0v) is 18.0. The molecule has 2 amide bonds. The van der Waals surface area contributed by atoms with E-state index in [0.29, 0.717) is 21.9 Å². The molecule has 0 aliphatic carbocycles. The van der Waals surface area contributed by atoms with E-state index >= 15 is 0 Å². The number of halogens is 2. The number of nitrogens with one attached hydrogen (secondary N) is 1. The highest BCUT2D eigenvalue weighted by Crippen LogP contribution is 2.36. The molecule has 0 radical (unpaired) electrons. The molecule has 168 valence electrons. The van der Waals surface area contributed by atoms with Crippen molar-refractivity contribution in [1.82, 2.24) is 0 Å². The molecule has 0 spiro atoms. The largest absolute Gasteiger partial charge is 0.497 e. The van der Waals surface area contributed by atoms with E-state index in [1.54, 1.807) is 30.3 Å². The average Bonchev–Trinajstić information content (AvgIpc) is 3.10. The summed E-state index contributed by atoms with van der Waals surface area (Å²) in [6.07, 6.45) is 0. The molecular weight excluding hydrogens is 438 g/mol. The Morgan fingerprint density at radius 2 is 1.56 bits per heavy atom. The Morgan fingerprint density at radius 1 is 0.824 bits per heavy atom. The summed E-state index contributed by atoms with van der Waals surface area (Å²) in [6, 6.07) is 22.3. The summed E-state index contributed by atoms with van der Waals surface area (Å²) >= 11 is 0. The van der Waals surface area contributed by atoms with Crippen LogP contribution in [0.25, 0.3) is 16.3 Å². The predicted molar refractivity (Wildman–Crippen MR) is 126 cm³/mol. The van der Waals surface area contributed by atoms with E-state index in [-0.39, 0.29) is 11.3 Å². The van der Waals surface area contributed by atoms with Crippen LogP contribution >= 0.6 is 0 Å². The molecule has 4 aromatic rings. The third kappa shape index (κ3) is 3.57. The van der Waals surface area contributed by atoms with Gasteiger partial charge in [-0.15, -0.1) is 0 Å². The van der Waals surface area contributed by atoms with Crippen molar-refractivity contribution in [3.63, 3.8) is 0 Å². The van der Waals surface area contributed by atoms with Gasteiger partial charge in [-0.05, 0) is 41.3 Å². The van der Waals surface area contributed by atoms with E-state index in [1.165, 1.54) is 7.11 Å². The molecule has 0 saturated heterocycles. The fourth-order valence-electron chi connectivity index (χ4n) is 4.02. The van der Waals surface area contributed by atoms with Crippen LogP contribution in [0.4, 0.5) is 20.2 Å². The quantitative estimate of drug-likeness (QED) is 0.402. The second-order valence-electron chi connectivity index (χ2n) is 7.67. The molecule has 0 bridgehead atoms. The van der Waals surface area contributed by atoms with Crippen LogP contribution in [0, 0.1) is 11.6 Å². The lowest BCUT2D eigenvalue weighted by Crippen LogP contribution is -2.33. The molecule has 7 heteroatoms. The van der Waals surface area contributed by atoms with Gasteiger partial charge < -0.3 is 10.1 Å². The summed E-state index contributed by atoms with van der Waals surface area (Å²) < 4.78 is 33.7. The van der Waals surface area contributed by atoms with Gasteiger partial charge in [0, 0.05) is 17.1 Å². The SMILES string of the molecule is COc1ccc(C2=C(Nc3cccc4ccccc34)C(=O)N(c3cc(F)ccc3F)C2=O)cc1. The van der Waals surface area contributed by atoms with E-state index in [1.807, 2.05) is 36.4 Å². The summed E-state index contributed by atoms with van der Waals surface area (Å²) in [7, 11) is 1.51. The molecular formula is C27H18F2N2O3. The number of amides is 2. The van der Waals surface area contributed by atoms with E-state index in [9.17, 15) is 18.4 Å². The number of benzene rings is 4. The first kappa shape index (κ1) is 21.3. The zero-order chi connectivity index (χ0) is 23.8. The molecule has 0 fully saturated rings. The van der Waals surface area contributed by atoms with Gasteiger partial charge in [-0.25, -0.2) is 13.7 Å². The Bertz CT molecular complexity index is 1470. The van der Waals surface area contributed by atoms with Crippen molar-refractivity contribution in [2.45, 2.75) is 0 Å². The molecule has 0 saturated carbocycles. The number of rotatable bonds is 5. The summed E-state index contributed by atoms with van der Waals surface area (Å²) in [5.74, 6) is -2.63. The molecule has 34 heavy (non-hydrogen) atoms. The zero-order valence-electron chi connectivity index (χ0n) is 18.0. The van der Waals surface area contributed by atoms with Crippen molar-refractivity contribution < 1.29 is 23.1 Å². The van der Waals surface area contributed by atoms with Crippen molar-refractivity contribution in [1.29, 1.82) is 0 Å². The number of hydrogen-bond acceptors (Lipinski definition) is 4. The topological polar surface area (TPSA) is 58.6 Å². The Hall–Kier alpha value is -4.52. The first-order valence-corrected chi connectivity index (χ1v) is 10.5. The number of carbonyl (C=O) groups excluding carboxylic acids is 2. The van der Waals surface area contributed by atoms with Crippen molar-refractivity contribution in [2.24, 2.45) is 0 Å². The highest BCUT2D eigenvalue weighted by Gasteiger charge is 2.41. The third-order valence-electron chi connectivity index (χ3n) is 5.66. The van der Waals surface area contributed by atoms with Crippen LogP contribution in [0.3, 0.4) is 0 Å². The third-order valence-corrected chi connectivity index (χ3v) is 5.66. The molecule has 4 aromatic carbocycles. The number of nitrogens with zero attached hydrogens (tertiary/aromatic N) is 1. The van der Waals surface area contributed by atoms with Crippen LogP contribution < -0.4 is 15.0 Å². The lowest BCUT2D eigenvalue weighted by atomic mass is 10.0. The Labute approximate surface area is 193 Å². The van der Waals surface area contributed by atoms with Crippen molar-refractivity contribution in [3.05, 3.63) is 108 Å². The van der Waals surface area contributed by atoms with Crippen LogP contribution in [-0.2, 0) is 9.59 Å². The minimum Gasteiger partial charge on any atom is -0.497 e. The fraction of sp³-hybridized carbons (Fsp3) is 0.0370. The number of anilines is 2. The molecule has 1 heterocycles. The molecule has 1 aliphatic rings. The number of fused-ring (bicyclic) bond motifs is 1. The first-order chi connectivity index (χ1) is 16.5. The van der Waals surface area contributed by atoms with E-state index < -0.39 is 29.1 Å². The molecule has 5 rings (SSSR count). The van der Waals surface area contributed by atoms with Gasteiger partial charge in [0.1, 0.15) is 23.1 Å². The number of carbonyl (C=O) groups is 2. The number of hydrogen-bond donors (Lipinski definition) is 1. The van der Waals surface area contributed by atoms with Gasteiger partial charge in [-0.1, -0.05) is 48.5 Å². The van der Waals surface area contributed by atoms with Crippen LogP contribution in [-0.4, -0.2) is 18.9 Å². The minimum atomic E-state index is -0.886. The second kappa shape index (κ2) is 8.44. The van der Waals surface area contributed by atoms with Crippen LogP contribution in [0.15, 0.2) is 90.6 Å². The second-order valence-corrected chi connectivity index (χ2v) is 7.67. The highest BCUT2D eigenvalue weighted by molar-refractivity contribution is 6.46. The van der Waals surface area contributed by atoms with Gasteiger partial charge in [-0.3, -0.25) is 9.59 Å². The first-order valence-electron chi connectivity index (χ1n) is 10.5. The van der Waals surface area contributed by atoms with Gasteiger partial charge in [0.15, 0.2) is 0 Å². The number of imide groups is 1. The summed E-state index contributed by atoms with van der Waals surface area (Å²) in [6.45, 7) is 0.